The van der Waals surface area contributed by atoms with Crippen LogP contribution >= 0.6 is 0 Å². The lowest BCUT2D eigenvalue weighted by atomic mass is 10.1. The molecule has 2 rings (SSSR count). The van der Waals surface area contributed by atoms with Gasteiger partial charge in [-0.2, -0.15) is 0 Å². The van der Waals surface area contributed by atoms with E-state index in [0.717, 1.165) is 17.7 Å². The molecular formula is C15H17NO4. The van der Waals surface area contributed by atoms with E-state index in [-0.39, 0.29) is 5.75 Å². The third-order valence-corrected chi connectivity index (χ3v) is 2.81. The molecule has 0 fully saturated rings. The number of methoxy groups -OCH3 is 2. The lowest BCUT2D eigenvalue weighted by Crippen LogP contribution is -2.04. The molecule has 0 aliphatic rings. The summed E-state index contributed by atoms with van der Waals surface area (Å²) in [4.78, 5) is 3.99. The Bertz CT molecular complexity index is 554. The van der Waals surface area contributed by atoms with Crippen LogP contribution in [0.5, 0.6) is 23.1 Å². The Morgan fingerprint density at radius 2 is 1.85 bits per heavy atom. The van der Waals surface area contributed by atoms with E-state index >= 15 is 0 Å². The molecule has 0 bridgehead atoms. The van der Waals surface area contributed by atoms with Crippen LogP contribution in [0.3, 0.4) is 0 Å². The highest BCUT2D eigenvalue weighted by Crippen LogP contribution is 2.27. The van der Waals surface area contributed by atoms with Gasteiger partial charge in [0, 0.05) is 12.5 Å². The van der Waals surface area contributed by atoms with Crippen LogP contribution in [0.25, 0.3) is 0 Å². The lowest BCUT2D eigenvalue weighted by molar-refractivity contribution is 0.284. The Morgan fingerprint density at radius 3 is 2.50 bits per heavy atom. The summed E-state index contributed by atoms with van der Waals surface area (Å²) in [6.07, 6.45) is 2.07. The van der Waals surface area contributed by atoms with Crippen molar-refractivity contribution in [1.29, 1.82) is 0 Å². The fraction of sp³-hybridized carbons (Fsp3) is 0.267. The smallest absolute Gasteiger partial charge is 0.257 e. The van der Waals surface area contributed by atoms with Gasteiger partial charge < -0.3 is 19.3 Å². The number of ether oxygens (including phenoxy) is 3. The zero-order valence-corrected chi connectivity index (χ0v) is 11.5. The van der Waals surface area contributed by atoms with Gasteiger partial charge in [0.15, 0.2) is 5.75 Å². The van der Waals surface area contributed by atoms with Crippen molar-refractivity contribution < 1.29 is 19.3 Å². The van der Waals surface area contributed by atoms with E-state index in [4.69, 9.17) is 14.2 Å². The second-order valence-corrected chi connectivity index (χ2v) is 4.15. The van der Waals surface area contributed by atoms with E-state index in [1.807, 2.05) is 24.3 Å². The van der Waals surface area contributed by atoms with Gasteiger partial charge in [-0.25, -0.2) is 4.98 Å². The van der Waals surface area contributed by atoms with E-state index in [0.29, 0.717) is 18.2 Å². The highest BCUT2D eigenvalue weighted by atomic mass is 16.5. The summed E-state index contributed by atoms with van der Waals surface area (Å²) in [6.45, 7) is 0.473. The van der Waals surface area contributed by atoms with Gasteiger partial charge >= 0.3 is 0 Å². The quantitative estimate of drug-likeness (QED) is 0.877. The molecular weight excluding hydrogens is 258 g/mol. The number of hydrogen-bond donors (Lipinski definition) is 1. The molecule has 2 aromatic rings. The molecule has 5 nitrogen and oxygen atoms in total. The van der Waals surface area contributed by atoms with Crippen LogP contribution in [0, 0.1) is 0 Å². The van der Waals surface area contributed by atoms with Crippen molar-refractivity contribution in [1.82, 2.24) is 4.98 Å². The first-order valence-electron chi connectivity index (χ1n) is 6.21. The van der Waals surface area contributed by atoms with Crippen LogP contribution in [0.2, 0.25) is 0 Å². The minimum Gasteiger partial charge on any atom is -0.506 e. The number of benzene rings is 1. The van der Waals surface area contributed by atoms with E-state index in [1.165, 1.54) is 19.4 Å². The Kier molecular flexibility index (Phi) is 4.65. The maximum absolute atomic E-state index is 9.31. The van der Waals surface area contributed by atoms with E-state index < -0.39 is 0 Å². The summed E-state index contributed by atoms with van der Waals surface area (Å²) >= 11 is 0. The SMILES string of the molecule is COc1ccc(CCOc2ncc(O)cc2OC)cc1. The minimum absolute atomic E-state index is 0.0457. The third-order valence-electron chi connectivity index (χ3n) is 2.81. The average molecular weight is 275 g/mol. The first kappa shape index (κ1) is 14.0. The van der Waals surface area contributed by atoms with Crippen molar-refractivity contribution in [3.63, 3.8) is 0 Å². The first-order chi connectivity index (χ1) is 9.72. The van der Waals surface area contributed by atoms with Crippen LogP contribution in [-0.2, 0) is 6.42 Å². The molecule has 0 aliphatic heterocycles. The van der Waals surface area contributed by atoms with Crippen LogP contribution in [0.15, 0.2) is 36.5 Å². The number of hydrogen-bond acceptors (Lipinski definition) is 5. The van der Waals surface area contributed by atoms with Crippen LogP contribution < -0.4 is 14.2 Å². The fourth-order valence-corrected chi connectivity index (χ4v) is 1.73. The third kappa shape index (κ3) is 3.54. The molecule has 1 aromatic carbocycles. The van der Waals surface area contributed by atoms with Gasteiger partial charge in [0.25, 0.3) is 5.88 Å². The normalized spacial score (nSPS) is 10.1. The molecule has 1 heterocycles. The number of nitrogens with zero attached hydrogens (tertiary/aromatic N) is 1. The standard InChI is InChI=1S/C15H17NO4/c1-18-13-5-3-11(4-6-13)7-8-20-15-14(19-2)9-12(17)10-16-15/h3-6,9-10,17H,7-8H2,1-2H3. The molecule has 0 atom stereocenters. The van der Waals surface area contributed by atoms with Gasteiger partial charge in [-0.1, -0.05) is 12.1 Å². The van der Waals surface area contributed by atoms with Crippen molar-refractivity contribution in [2.24, 2.45) is 0 Å². The first-order valence-corrected chi connectivity index (χ1v) is 6.21. The van der Waals surface area contributed by atoms with Gasteiger partial charge in [0.2, 0.25) is 0 Å². The lowest BCUT2D eigenvalue weighted by Gasteiger charge is -2.09. The summed E-state index contributed by atoms with van der Waals surface area (Å²) in [5.74, 6) is 1.67. The molecule has 1 N–H and O–H groups in total. The summed E-state index contributed by atoms with van der Waals surface area (Å²) in [5, 5.41) is 9.31. The van der Waals surface area contributed by atoms with Gasteiger partial charge in [-0.05, 0) is 17.7 Å². The minimum atomic E-state index is 0.0457. The Hall–Kier alpha value is -2.43. The predicted octanol–water partition coefficient (Wildman–Crippen LogP) is 2.43. The van der Waals surface area contributed by atoms with Gasteiger partial charge in [0.05, 0.1) is 27.0 Å². The monoisotopic (exact) mass is 275 g/mol. The molecule has 0 aliphatic carbocycles. The molecule has 0 saturated heterocycles. The van der Waals surface area contributed by atoms with Gasteiger partial charge in [-0.15, -0.1) is 0 Å². The number of pyridine rings is 1. The molecule has 0 amide bonds. The molecule has 0 unspecified atom stereocenters. The van der Waals surface area contributed by atoms with Crippen LogP contribution in [0.1, 0.15) is 5.56 Å². The van der Waals surface area contributed by atoms with Gasteiger partial charge in [0.1, 0.15) is 11.5 Å². The van der Waals surface area contributed by atoms with Crippen molar-refractivity contribution in [2.45, 2.75) is 6.42 Å². The number of aromatic hydroxyl groups is 1. The molecule has 5 heteroatoms. The molecule has 0 radical (unpaired) electrons. The highest BCUT2D eigenvalue weighted by Gasteiger charge is 2.07. The average Bonchev–Trinajstić information content (AvgIpc) is 2.49. The summed E-state index contributed by atoms with van der Waals surface area (Å²) in [7, 11) is 3.15. The number of aromatic nitrogens is 1. The topological polar surface area (TPSA) is 60.8 Å². The molecule has 0 spiro atoms. The molecule has 1 aromatic heterocycles. The fourth-order valence-electron chi connectivity index (χ4n) is 1.73. The van der Waals surface area contributed by atoms with Crippen LogP contribution in [-0.4, -0.2) is 30.9 Å². The zero-order valence-electron chi connectivity index (χ0n) is 11.5. The maximum atomic E-state index is 9.31. The Labute approximate surface area is 117 Å². The second kappa shape index (κ2) is 6.65. The number of rotatable bonds is 6. The predicted molar refractivity (Wildman–Crippen MR) is 74.6 cm³/mol. The highest BCUT2D eigenvalue weighted by molar-refractivity contribution is 5.38. The van der Waals surface area contributed by atoms with Crippen LogP contribution in [0.4, 0.5) is 0 Å². The largest absolute Gasteiger partial charge is 0.506 e. The maximum Gasteiger partial charge on any atom is 0.257 e. The molecule has 20 heavy (non-hydrogen) atoms. The van der Waals surface area contributed by atoms with E-state index in [9.17, 15) is 5.11 Å². The van der Waals surface area contributed by atoms with Crippen molar-refractivity contribution in [3.05, 3.63) is 42.1 Å². The van der Waals surface area contributed by atoms with E-state index in [2.05, 4.69) is 4.98 Å². The Balaban J connectivity index is 1.92. The van der Waals surface area contributed by atoms with Crippen molar-refractivity contribution >= 4 is 0 Å². The van der Waals surface area contributed by atoms with Crippen molar-refractivity contribution in [2.75, 3.05) is 20.8 Å². The zero-order chi connectivity index (χ0) is 14.4. The molecule has 106 valence electrons. The summed E-state index contributed by atoms with van der Waals surface area (Å²) in [6, 6.07) is 9.27. The Morgan fingerprint density at radius 1 is 1.10 bits per heavy atom. The second-order valence-electron chi connectivity index (χ2n) is 4.15. The summed E-state index contributed by atoms with van der Waals surface area (Å²) in [5.41, 5.74) is 1.14. The summed E-state index contributed by atoms with van der Waals surface area (Å²) < 4.78 is 15.8. The van der Waals surface area contributed by atoms with E-state index in [1.54, 1.807) is 7.11 Å². The van der Waals surface area contributed by atoms with Crippen molar-refractivity contribution in [3.8, 4) is 23.1 Å². The van der Waals surface area contributed by atoms with Gasteiger partial charge in [-0.3, -0.25) is 0 Å². The molecule has 0 saturated carbocycles.